The van der Waals surface area contributed by atoms with Crippen molar-refractivity contribution in [1.82, 2.24) is 4.90 Å². The number of aliphatic hydroxyl groups excluding tert-OH is 1. The predicted octanol–water partition coefficient (Wildman–Crippen LogP) is 3.45. The van der Waals surface area contributed by atoms with Crippen molar-refractivity contribution in [3.8, 4) is 0 Å². The van der Waals surface area contributed by atoms with Crippen LogP contribution in [0.1, 0.15) is 29.6 Å². The van der Waals surface area contributed by atoms with Crippen LogP contribution in [0, 0.1) is 0 Å². The Hall–Kier alpha value is -0.390. The smallest absolute Gasteiger partial charge is 0.254 e. The van der Waals surface area contributed by atoms with E-state index in [4.69, 9.17) is 5.11 Å². The van der Waals surface area contributed by atoms with Crippen LogP contribution in [-0.4, -0.2) is 36.1 Å². The number of rotatable bonds is 6. The van der Waals surface area contributed by atoms with Crippen LogP contribution in [-0.2, 0) is 0 Å². The third-order valence-electron chi connectivity index (χ3n) is 2.66. The Morgan fingerprint density at radius 1 is 1.28 bits per heavy atom. The van der Waals surface area contributed by atoms with E-state index in [-0.39, 0.29) is 12.5 Å². The molecular formula is C13H17Br2NO2. The average molecular weight is 379 g/mol. The first-order chi connectivity index (χ1) is 8.56. The molecule has 0 bridgehead atoms. The zero-order chi connectivity index (χ0) is 13.5. The Labute approximate surface area is 124 Å². The second-order valence-corrected chi connectivity index (χ2v) is 5.91. The lowest BCUT2D eigenvalue weighted by Gasteiger charge is -2.18. The van der Waals surface area contributed by atoms with Gasteiger partial charge in [0, 0.05) is 29.1 Å². The van der Waals surface area contributed by atoms with E-state index in [1.165, 1.54) is 0 Å². The van der Waals surface area contributed by atoms with Gasteiger partial charge >= 0.3 is 0 Å². The summed E-state index contributed by atoms with van der Waals surface area (Å²) in [5, 5.41) is 8.69. The maximum Gasteiger partial charge on any atom is 0.254 e. The summed E-state index contributed by atoms with van der Waals surface area (Å²) in [7, 11) is 1.80. The van der Waals surface area contributed by atoms with E-state index in [1.54, 1.807) is 11.9 Å². The van der Waals surface area contributed by atoms with Gasteiger partial charge in [0.2, 0.25) is 0 Å². The largest absolute Gasteiger partial charge is 0.396 e. The fraction of sp³-hybridized carbons (Fsp3) is 0.462. The van der Waals surface area contributed by atoms with Crippen molar-refractivity contribution in [2.45, 2.75) is 19.3 Å². The average Bonchev–Trinajstić information content (AvgIpc) is 2.36. The molecule has 0 radical (unpaired) electrons. The van der Waals surface area contributed by atoms with Crippen LogP contribution in [0.3, 0.4) is 0 Å². The van der Waals surface area contributed by atoms with Crippen molar-refractivity contribution in [1.29, 1.82) is 0 Å². The van der Waals surface area contributed by atoms with Gasteiger partial charge < -0.3 is 10.0 Å². The Kier molecular flexibility index (Phi) is 6.89. The Morgan fingerprint density at radius 3 is 2.67 bits per heavy atom. The molecule has 1 rings (SSSR count). The topological polar surface area (TPSA) is 40.5 Å². The molecule has 18 heavy (non-hydrogen) atoms. The lowest BCUT2D eigenvalue weighted by atomic mass is 10.2. The lowest BCUT2D eigenvalue weighted by Crippen LogP contribution is -2.28. The van der Waals surface area contributed by atoms with E-state index in [1.807, 2.05) is 18.2 Å². The number of aliphatic hydroxyl groups is 1. The maximum absolute atomic E-state index is 12.2. The minimum absolute atomic E-state index is 0.00664. The van der Waals surface area contributed by atoms with Crippen LogP contribution in [0.4, 0.5) is 0 Å². The zero-order valence-corrected chi connectivity index (χ0v) is 13.5. The summed E-state index contributed by atoms with van der Waals surface area (Å²) in [5.41, 5.74) is 0.661. The standard InChI is InChI=1S/C13H17Br2NO2/c1-16(7-3-2-4-8-17)13(18)11-9-10(14)5-6-12(11)15/h5-6,9,17H,2-4,7-8H2,1H3. The van der Waals surface area contributed by atoms with E-state index in [0.29, 0.717) is 12.1 Å². The molecule has 0 saturated carbocycles. The van der Waals surface area contributed by atoms with E-state index < -0.39 is 0 Å². The molecule has 0 fully saturated rings. The molecule has 0 unspecified atom stereocenters. The fourth-order valence-electron chi connectivity index (χ4n) is 1.61. The highest BCUT2D eigenvalue weighted by molar-refractivity contribution is 9.11. The summed E-state index contributed by atoms with van der Waals surface area (Å²) in [5.74, 6) is 0.00664. The number of hydrogen-bond acceptors (Lipinski definition) is 2. The fourth-order valence-corrected chi connectivity index (χ4v) is 2.38. The van der Waals surface area contributed by atoms with Gasteiger partial charge in [-0.25, -0.2) is 0 Å². The minimum Gasteiger partial charge on any atom is -0.396 e. The number of carbonyl (C=O) groups excluding carboxylic acids is 1. The molecule has 0 aliphatic heterocycles. The molecule has 1 aromatic rings. The highest BCUT2D eigenvalue weighted by atomic mass is 79.9. The van der Waals surface area contributed by atoms with Gasteiger partial charge in [-0.3, -0.25) is 4.79 Å². The van der Waals surface area contributed by atoms with Gasteiger partial charge in [-0.2, -0.15) is 0 Å². The predicted molar refractivity (Wildman–Crippen MR) is 79.7 cm³/mol. The molecule has 0 aromatic heterocycles. The molecule has 5 heteroatoms. The number of amides is 1. The van der Waals surface area contributed by atoms with Crippen molar-refractivity contribution in [2.24, 2.45) is 0 Å². The van der Waals surface area contributed by atoms with E-state index in [0.717, 1.165) is 28.2 Å². The van der Waals surface area contributed by atoms with Crippen LogP contribution in [0.25, 0.3) is 0 Å². The van der Waals surface area contributed by atoms with Gasteiger partial charge in [0.05, 0.1) is 5.56 Å². The van der Waals surface area contributed by atoms with E-state index >= 15 is 0 Å². The molecular weight excluding hydrogens is 362 g/mol. The third kappa shape index (κ3) is 4.71. The highest BCUT2D eigenvalue weighted by Crippen LogP contribution is 2.22. The molecule has 0 aliphatic carbocycles. The SMILES string of the molecule is CN(CCCCCO)C(=O)c1cc(Br)ccc1Br. The van der Waals surface area contributed by atoms with Gasteiger partial charge in [0.1, 0.15) is 0 Å². The number of carbonyl (C=O) groups is 1. The van der Waals surface area contributed by atoms with Crippen LogP contribution >= 0.6 is 31.9 Å². The molecule has 1 N–H and O–H groups in total. The maximum atomic E-state index is 12.2. The molecule has 100 valence electrons. The molecule has 3 nitrogen and oxygen atoms in total. The van der Waals surface area contributed by atoms with Crippen molar-refractivity contribution in [3.05, 3.63) is 32.7 Å². The second-order valence-electron chi connectivity index (χ2n) is 4.14. The van der Waals surface area contributed by atoms with E-state index in [2.05, 4.69) is 31.9 Å². The number of nitrogens with zero attached hydrogens (tertiary/aromatic N) is 1. The monoisotopic (exact) mass is 377 g/mol. The Bertz CT molecular complexity index is 410. The first-order valence-electron chi connectivity index (χ1n) is 5.87. The highest BCUT2D eigenvalue weighted by Gasteiger charge is 2.14. The van der Waals surface area contributed by atoms with Crippen molar-refractivity contribution in [3.63, 3.8) is 0 Å². The zero-order valence-electron chi connectivity index (χ0n) is 10.3. The summed E-state index contributed by atoms with van der Waals surface area (Å²) in [6, 6.07) is 5.57. The first-order valence-corrected chi connectivity index (χ1v) is 7.46. The first kappa shape index (κ1) is 15.7. The molecule has 0 atom stereocenters. The Balaban J connectivity index is 2.60. The number of halogens is 2. The molecule has 0 spiro atoms. The normalized spacial score (nSPS) is 10.4. The Morgan fingerprint density at radius 2 is 2.00 bits per heavy atom. The van der Waals surface area contributed by atoms with Crippen LogP contribution in [0.5, 0.6) is 0 Å². The summed E-state index contributed by atoms with van der Waals surface area (Å²) in [6.45, 7) is 0.923. The number of hydrogen-bond donors (Lipinski definition) is 1. The summed E-state index contributed by atoms with van der Waals surface area (Å²) >= 11 is 6.76. The third-order valence-corrected chi connectivity index (χ3v) is 3.84. The van der Waals surface area contributed by atoms with Crippen LogP contribution in [0.15, 0.2) is 27.1 Å². The molecule has 0 aliphatic rings. The van der Waals surface area contributed by atoms with Gasteiger partial charge in [-0.1, -0.05) is 15.9 Å². The number of unbranched alkanes of at least 4 members (excludes halogenated alkanes) is 2. The lowest BCUT2D eigenvalue weighted by molar-refractivity contribution is 0.0791. The van der Waals surface area contributed by atoms with Gasteiger partial charge in [0.25, 0.3) is 5.91 Å². The van der Waals surface area contributed by atoms with Crippen LogP contribution in [0.2, 0.25) is 0 Å². The molecule has 0 saturated heterocycles. The van der Waals surface area contributed by atoms with Crippen molar-refractivity contribution < 1.29 is 9.90 Å². The summed E-state index contributed by atoms with van der Waals surface area (Å²) in [6.07, 6.45) is 2.64. The molecule has 1 amide bonds. The summed E-state index contributed by atoms with van der Waals surface area (Å²) < 4.78 is 1.70. The summed E-state index contributed by atoms with van der Waals surface area (Å²) in [4.78, 5) is 13.9. The van der Waals surface area contributed by atoms with Gasteiger partial charge in [-0.15, -0.1) is 0 Å². The van der Waals surface area contributed by atoms with E-state index in [9.17, 15) is 4.79 Å². The quantitative estimate of drug-likeness (QED) is 0.770. The van der Waals surface area contributed by atoms with Crippen molar-refractivity contribution in [2.75, 3.05) is 20.2 Å². The number of benzene rings is 1. The molecule has 0 heterocycles. The molecule has 1 aromatic carbocycles. The second kappa shape index (κ2) is 7.92. The van der Waals surface area contributed by atoms with Crippen LogP contribution < -0.4 is 0 Å². The van der Waals surface area contributed by atoms with Gasteiger partial charge in [0.15, 0.2) is 0 Å². The van der Waals surface area contributed by atoms with Gasteiger partial charge in [-0.05, 0) is 53.4 Å². The minimum atomic E-state index is 0.00664. The van der Waals surface area contributed by atoms with Crippen molar-refractivity contribution >= 4 is 37.8 Å².